The minimum atomic E-state index is -0.0928. The van der Waals surface area contributed by atoms with E-state index in [9.17, 15) is 4.79 Å². The lowest BCUT2D eigenvalue weighted by molar-refractivity contribution is -0.140. The van der Waals surface area contributed by atoms with Gasteiger partial charge in [0, 0.05) is 6.42 Å². The van der Waals surface area contributed by atoms with Gasteiger partial charge in [0.15, 0.2) is 0 Å². The van der Waals surface area contributed by atoms with Crippen molar-refractivity contribution in [3.8, 4) is 0 Å². The smallest absolute Gasteiger partial charge is 0.305 e. The Morgan fingerprint density at radius 1 is 1.00 bits per heavy atom. The highest BCUT2D eigenvalue weighted by molar-refractivity contribution is 5.68. The highest BCUT2D eigenvalue weighted by Gasteiger charge is 1.98. The van der Waals surface area contributed by atoms with Crippen LogP contribution in [0.2, 0.25) is 0 Å². The van der Waals surface area contributed by atoms with Gasteiger partial charge in [-0.2, -0.15) is 0 Å². The van der Waals surface area contributed by atoms with Gasteiger partial charge in [0.05, 0.1) is 7.11 Å². The van der Waals surface area contributed by atoms with Crippen molar-refractivity contribution >= 4 is 5.97 Å². The third-order valence-corrected chi connectivity index (χ3v) is 2.72. The summed E-state index contributed by atoms with van der Waals surface area (Å²) in [4.78, 5) is 10.8. The van der Waals surface area contributed by atoms with E-state index in [1.165, 1.54) is 26.4 Å². The maximum absolute atomic E-state index is 10.8. The van der Waals surface area contributed by atoms with E-state index in [0.717, 1.165) is 38.6 Å². The average molecular weight is 241 g/mol. The fraction of sp³-hybridized carbons (Fsp3) is 0.786. The lowest BCUT2D eigenvalue weighted by atomic mass is 10.1. The van der Waals surface area contributed by atoms with E-state index in [0.29, 0.717) is 6.42 Å². The van der Waals surface area contributed by atoms with E-state index >= 15 is 0 Å². The quantitative estimate of drug-likeness (QED) is 0.343. The Balaban J connectivity index is 3.10. The first-order valence-electron chi connectivity index (χ1n) is 6.73. The molecular weight excluding hydrogens is 214 g/mol. The minimum absolute atomic E-state index is 0.0928. The van der Waals surface area contributed by atoms with Crippen LogP contribution in [0.25, 0.3) is 0 Å². The summed E-state index contributed by atoms with van der Waals surface area (Å²) >= 11 is 0. The van der Waals surface area contributed by atoms with Crippen molar-refractivity contribution in [1.82, 2.24) is 0 Å². The second-order valence-electron chi connectivity index (χ2n) is 4.28. The Hall–Kier alpha value is -0.830. The molecule has 0 saturated heterocycles. The molecule has 3 nitrogen and oxygen atoms in total. The van der Waals surface area contributed by atoms with Crippen molar-refractivity contribution < 1.29 is 9.53 Å². The number of esters is 1. The molecule has 0 amide bonds. The number of unbranched alkanes of at least 4 members (excludes halogenated alkanes) is 6. The Bertz CT molecular complexity index is 202. The summed E-state index contributed by atoms with van der Waals surface area (Å²) in [5.74, 6) is -0.0928. The van der Waals surface area contributed by atoms with Gasteiger partial charge < -0.3 is 10.5 Å². The molecule has 0 heterocycles. The van der Waals surface area contributed by atoms with Crippen molar-refractivity contribution in [3.05, 3.63) is 12.2 Å². The summed E-state index contributed by atoms with van der Waals surface area (Å²) in [7, 11) is 1.44. The monoisotopic (exact) mass is 241 g/mol. The van der Waals surface area contributed by atoms with Crippen LogP contribution in [-0.4, -0.2) is 19.6 Å². The standard InChI is InChI=1S/C14H27NO2/c1-17-14(16)12-10-8-6-4-2-3-5-7-9-11-13-15/h3,5H,2,4,6-13,15H2,1H3. The predicted molar refractivity (Wildman–Crippen MR) is 71.8 cm³/mol. The first-order chi connectivity index (χ1) is 8.31. The van der Waals surface area contributed by atoms with E-state index < -0.39 is 0 Å². The molecule has 0 aromatic carbocycles. The number of ether oxygens (including phenoxy) is 1. The maximum atomic E-state index is 10.8. The van der Waals surface area contributed by atoms with Crippen molar-refractivity contribution in [2.24, 2.45) is 5.73 Å². The maximum Gasteiger partial charge on any atom is 0.305 e. The first-order valence-corrected chi connectivity index (χ1v) is 6.73. The average Bonchev–Trinajstić information content (AvgIpc) is 2.35. The molecule has 17 heavy (non-hydrogen) atoms. The third-order valence-electron chi connectivity index (χ3n) is 2.72. The van der Waals surface area contributed by atoms with Crippen molar-refractivity contribution in [1.29, 1.82) is 0 Å². The zero-order valence-electron chi connectivity index (χ0n) is 11.1. The molecule has 2 N–H and O–H groups in total. The molecule has 0 spiro atoms. The van der Waals surface area contributed by atoms with Gasteiger partial charge in [0.2, 0.25) is 0 Å². The summed E-state index contributed by atoms with van der Waals surface area (Å²) in [6, 6.07) is 0. The number of rotatable bonds is 11. The van der Waals surface area contributed by atoms with Crippen LogP contribution in [-0.2, 0) is 9.53 Å². The van der Waals surface area contributed by atoms with Gasteiger partial charge in [0.25, 0.3) is 0 Å². The summed E-state index contributed by atoms with van der Waals surface area (Å²) in [6.45, 7) is 0.800. The van der Waals surface area contributed by atoms with Crippen molar-refractivity contribution in [2.45, 2.75) is 57.8 Å². The van der Waals surface area contributed by atoms with Crippen LogP contribution < -0.4 is 5.73 Å². The van der Waals surface area contributed by atoms with Crippen LogP contribution in [0.5, 0.6) is 0 Å². The molecule has 0 unspecified atom stereocenters. The normalized spacial score (nSPS) is 10.9. The van der Waals surface area contributed by atoms with Gasteiger partial charge >= 0.3 is 5.97 Å². The predicted octanol–water partition coefficient (Wildman–Crippen LogP) is 3.19. The Morgan fingerprint density at radius 3 is 2.18 bits per heavy atom. The Kier molecular flexibility index (Phi) is 12.6. The van der Waals surface area contributed by atoms with E-state index in [1.54, 1.807) is 0 Å². The molecule has 0 aliphatic carbocycles. The van der Waals surface area contributed by atoms with E-state index in [1.807, 2.05) is 0 Å². The number of carbonyl (C=O) groups excluding carboxylic acids is 1. The number of hydrogen-bond acceptors (Lipinski definition) is 3. The zero-order valence-corrected chi connectivity index (χ0v) is 11.1. The SMILES string of the molecule is COC(=O)CCCCCCC=CCCCCN. The van der Waals surface area contributed by atoms with Gasteiger partial charge in [-0.05, 0) is 45.1 Å². The van der Waals surface area contributed by atoms with Crippen LogP contribution in [0.3, 0.4) is 0 Å². The number of carbonyl (C=O) groups is 1. The molecule has 3 heteroatoms. The molecule has 0 aromatic heterocycles. The fourth-order valence-electron chi connectivity index (χ4n) is 1.63. The molecule has 100 valence electrons. The van der Waals surface area contributed by atoms with Crippen molar-refractivity contribution in [2.75, 3.05) is 13.7 Å². The fourth-order valence-corrected chi connectivity index (χ4v) is 1.63. The van der Waals surface area contributed by atoms with E-state index in [4.69, 9.17) is 5.73 Å². The minimum Gasteiger partial charge on any atom is -0.469 e. The lowest BCUT2D eigenvalue weighted by Gasteiger charge is -1.99. The highest BCUT2D eigenvalue weighted by atomic mass is 16.5. The molecule has 0 aliphatic heterocycles. The second-order valence-corrected chi connectivity index (χ2v) is 4.28. The van der Waals surface area contributed by atoms with Gasteiger partial charge in [-0.25, -0.2) is 0 Å². The summed E-state index contributed by atoms with van der Waals surface area (Å²) in [5.41, 5.74) is 5.41. The first kappa shape index (κ1) is 16.2. The Morgan fingerprint density at radius 2 is 1.59 bits per heavy atom. The van der Waals surface area contributed by atoms with Crippen LogP contribution in [0.1, 0.15) is 57.8 Å². The topological polar surface area (TPSA) is 52.3 Å². The molecule has 0 aromatic rings. The molecular formula is C14H27NO2. The molecule has 0 rings (SSSR count). The molecule has 0 bridgehead atoms. The number of hydrogen-bond donors (Lipinski definition) is 1. The molecule has 0 fully saturated rings. The second kappa shape index (κ2) is 13.2. The van der Waals surface area contributed by atoms with Crippen LogP contribution in [0.15, 0.2) is 12.2 Å². The lowest BCUT2D eigenvalue weighted by Crippen LogP contribution is -1.98. The largest absolute Gasteiger partial charge is 0.469 e. The third kappa shape index (κ3) is 13.1. The van der Waals surface area contributed by atoms with Gasteiger partial charge in [-0.1, -0.05) is 25.0 Å². The number of nitrogens with two attached hydrogens (primary N) is 1. The Labute approximate surface area is 105 Å². The van der Waals surface area contributed by atoms with Gasteiger partial charge in [0.1, 0.15) is 0 Å². The summed E-state index contributed by atoms with van der Waals surface area (Å²) in [5, 5.41) is 0. The van der Waals surface area contributed by atoms with Crippen molar-refractivity contribution in [3.63, 3.8) is 0 Å². The zero-order chi connectivity index (χ0) is 12.8. The van der Waals surface area contributed by atoms with Crippen LogP contribution >= 0.6 is 0 Å². The van der Waals surface area contributed by atoms with Crippen LogP contribution in [0.4, 0.5) is 0 Å². The van der Waals surface area contributed by atoms with E-state index in [-0.39, 0.29) is 5.97 Å². The highest BCUT2D eigenvalue weighted by Crippen LogP contribution is 2.07. The van der Waals surface area contributed by atoms with E-state index in [2.05, 4.69) is 16.9 Å². The molecule has 0 radical (unpaired) electrons. The molecule has 0 saturated carbocycles. The number of allylic oxidation sites excluding steroid dienone is 2. The van der Waals surface area contributed by atoms with Gasteiger partial charge in [-0.15, -0.1) is 0 Å². The summed E-state index contributed by atoms with van der Waals surface area (Å²) in [6.07, 6.45) is 14.2. The molecule has 0 aliphatic rings. The molecule has 0 atom stereocenters. The van der Waals surface area contributed by atoms with Gasteiger partial charge in [-0.3, -0.25) is 4.79 Å². The van der Waals surface area contributed by atoms with Crippen LogP contribution in [0, 0.1) is 0 Å². The number of methoxy groups -OCH3 is 1. The summed E-state index contributed by atoms with van der Waals surface area (Å²) < 4.78 is 4.58.